The number of methoxy groups -OCH3 is 1. The summed E-state index contributed by atoms with van der Waals surface area (Å²) in [6.45, 7) is 0.609. The van der Waals surface area contributed by atoms with Gasteiger partial charge in [-0.15, -0.1) is 15.3 Å². The average molecular weight is 437 g/mol. The number of nitrogens with zero attached hydrogens (tertiary/aromatic N) is 4. The lowest BCUT2D eigenvalue weighted by Gasteiger charge is -2.07. The number of hydrogen-bond acceptors (Lipinski definition) is 6. The Morgan fingerprint density at radius 3 is 2.55 bits per heavy atom. The molecule has 158 valence electrons. The quantitative estimate of drug-likeness (QED) is 0.434. The number of nitrogens with one attached hydrogen (secondary N) is 2. The minimum atomic E-state index is -0.112. The third-order valence-corrected chi connectivity index (χ3v) is 4.92. The fraction of sp³-hybridized carbons (Fsp3) is 0.182. The van der Waals surface area contributed by atoms with Crippen molar-refractivity contribution in [2.24, 2.45) is 0 Å². The van der Waals surface area contributed by atoms with E-state index in [0.29, 0.717) is 41.0 Å². The van der Waals surface area contributed by atoms with E-state index < -0.39 is 0 Å². The zero-order valence-electron chi connectivity index (χ0n) is 16.9. The monoisotopic (exact) mass is 436 g/mol. The summed E-state index contributed by atoms with van der Waals surface area (Å²) in [6, 6.07) is 18.5. The lowest BCUT2D eigenvalue weighted by atomic mass is 10.2. The molecule has 0 saturated heterocycles. The highest BCUT2D eigenvalue weighted by Gasteiger charge is 2.11. The molecular weight excluding hydrogens is 416 g/mol. The molecule has 8 nitrogen and oxygen atoms in total. The number of hydrogen-bond donors (Lipinski definition) is 2. The Balaban J connectivity index is 1.37. The van der Waals surface area contributed by atoms with Crippen LogP contribution < -0.4 is 15.4 Å². The molecule has 9 heteroatoms. The van der Waals surface area contributed by atoms with Gasteiger partial charge >= 0.3 is 0 Å². The van der Waals surface area contributed by atoms with E-state index in [-0.39, 0.29) is 12.3 Å². The molecule has 0 bridgehead atoms. The van der Waals surface area contributed by atoms with Crippen molar-refractivity contribution in [2.75, 3.05) is 17.7 Å². The molecule has 2 aromatic carbocycles. The number of fused-ring (bicyclic) bond motifs is 1. The lowest BCUT2D eigenvalue weighted by Crippen LogP contribution is -2.13. The molecule has 31 heavy (non-hydrogen) atoms. The van der Waals surface area contributed by atoms with Gasteiger partial charge in [-0.2, -0.15) is 4.52 Å². The Kier molecular flexibility index (Phi) is 6.28. The summed E-state index contributed by atoms with van der Waals surface area (Å²) >= 11 is 5.93. The van der Waals surface area contributed by atoms with Gasteiger partial charge in [0.25, 0.3) is 0 Å². The molecular formula is C22H21ClN6O2. The number of carbonyl (C=O) groups excluding carboxylic acids is 1. The Bertz CT molecular complexity index is 1180. The van der Waals surface area contributed by atoms with Gasteiger partial charge in [-0.25, -0.2) is 0 Å². The predicted molar refractivity (Wildman–Crippen MR) is 120 cm³/mol. The van der Waals surface area contributed by atoms with Crippen molar-refractivity contribution in [3.05, 3.63) is 77.1 Å². The van der Waals surface area contributed by atoms with Gasteiger partial charge in [0, 0.05) is 30.1 Å². The second-order valence-corrected chi connectivity index (χ2v) is 7.30. The summed E-state index contributed by atoms with van der Waals surface area (Å²) in [5.74, 6) is 1.93. The van der Waals surface area contributed by atoms with Crippen molar-refractivity contribution in [1.82, 2.24) is 19.8 Å². The van der Waals surface area contributed by atoms with Crippen LogP contribution in [0.4, 0.5) is 11.5 Å². The molecule has 4 aromatic rings. The third-order valence-electron chi connectivity index (χ3n) is 4.66. The number of ether oxygens (including phenoxy) is 1. The maximum Gasteiger partial charge on any atom is 0.224 e. The number of aryl methyl sites for hydroxylation is 1. The molecule has 1 amide bonds. The number of anilines is 2. The van der Waals surface area contributed by atoms with Gasteiger partial charge in [0.2, 0.25) is 5.91 Å². The summed E-state index contributed by atoms with van der Waals surface area (Å²) in [6.07, 6.45) is 0.674. The first kappa shape index (κ1) is 20.6. The molecule has 0 spiro atoms. The van der Waals surface area contributed by atoms with E-state index in [1.807, 2.05) is 36.4 Å². The van der Waals surface area contributed by atoms with Crippen molar-refractivity contribution < 1.29 is 9.53 Å². The van der Waals surface area contributed by atoms with E-state index in [1.54, 1.807) is 35.9 Å². The molecule has 0 fully saturated rings. The third kappa shape index (κ3) is 5.29. The van der Waals surface area contributed by atoms with Gasteiger partial charge in [-0.1, -0.05) is 23.7 Å². The molecule has 2 aromatic heterocycles. The largest absolute Gasteiger partial charge is 0.497 e. The minimum Gasteiger partial charge on any atom is -0.497 e. The highest BCUT2D eigenvalue weighted by atomic mass is 35.5. The molecule has 0 saturated carbocycles. The zero-order chi connectivity index (χ0) is 21.6. The SMILES string of the molecule is COc1ccc(NC(=O)CCc2nnc3ccc(NCc4ccc(Cl)cc4)nn23)cc1. The fourth-order valence-corrected chi connectivity index (χ4v) is 3.13. The van der Waals surface area contributed by atoms with Gasteiger partial charge < -0.3 is 15.4 Å². The first-order chi connectivity index (χ1) is 15.1. The van der Waals surface area contributed by atoms with Crippen molar-refractivity contribution >= 4 is 34.7 Å². The van der Waals surface area contributed by atoms with Gasteiger partial charge in [0.15, 0.2) is 11.5 Å². The Morgan fingerprint density at radius 2 is 1.81 bits per heavy atom. The van der Waals surface area contributed by atoms with Crippen molar-refractivity contribution in [3.63, 3.8) is 0 Å². The van der Waals surface area contributed by atoms with Crippen LogP contribution in [0.2, 0.25) is 5.02 Å². The summed E-state index contributed by atoms with van der Waals surface area (Å²) in [5, 5.41) is 19.7. The number of amides is 1. The first-order valence-corrected chi connectivity index (χ1v) is 10.1. The van der Waals surface area contributed by atoms with E-state index >= 15 is 0 Å². The number of rotatable bonds is 8. The van der Waals surface area contributed by atoms with E-state index in [1.165, 1.54) is 0 Å². The predicted octanol–water partition coefficient (Wildman–Crippen LogP) is 3.97. The van der Waals surface area contributed by atoms with Gasteiger partial charge in [-0.05, 0) is 54.1 Å². The molecule has 4 rings (SSSR count). The average Bonchev–Trinajstić information content (AvgIpc) is 3.20. The molecule has 2 heterocycles. The topological polar surface area (TPSA) is 93.4 Å². The van der Waals surface area contributed by atoms with Gasteiger partial charge in [-0.3, -0.25) is 4.79 Å². The van der Waals surface area contributed by atoms with E-state index in [0.717, 1.165) is 11.3 Å². The van der Waals surface area contributed by atoms with Crippen LogP contribution in [-0.4, -0.2) is 32.8 Å². The zero-order valence-corrected chi connectivity index (χ0v) is 17.6. The molecule has 0 aliphatic heterocycles. The summed E-state index contributed by atoms with van der Waals surface area (Å²) in [5.41, 5.74) is 2.43. The normalized spacial score (nSPS) is 10.8. The second kappa shape index (κ2) is 9.44. The maximum atomic E-state index is 12.3. The molecule has 0 unspecified atom stereocenters. The number of aromatic nitrogens is 4. The molecule has 0 aliphatic carbocycles. The van der Waals surface area contributed by atoms with Crippen LogP contribution in [0.1, 0.15) is 17.8 Å². The van der Waals surface area contributed by atoms with Crippen LogP contribution in [-0.2, 0) is 17.8 Å². The fourth-order valence-electron chi connectivity index (χ4n) is 3.00. The summed E-state index contributed by atoms with van der Waals surface area (Å²) < 4.78 is 6.78. The molecule has 0 radical (unpaired) electrons. The summed E-state index contributed by atoms with van der Waals surface area (Å²) in [7, 11) is 1.60. The smallest absolute Gasteiger partial charge is 0.224 e. The van der Waals surface area contributed by atoms with Crippen LogP contribution in [0.5, 0.6) is 5.75 Å². The van der Waals surface area contributed by atoms with Crippen LogP contribution in [0.25, 0.3) is 5.65 Å². The Labute approximate surface area is 184 Å². The van der Waals surface area contributed by atoms with Crippen LogP contribution in [0.15, 0.2) is 60.7 Å². The van der Waals surface area contributed by atoms with E-state index in [2.05, 4.69) is 25.9 Å². The van der Waals surface area contributed by atoms with Crippen LogP contribution in [0, 0.1) is 0 Å². The Morgan fingerprint density at radius 1 is 1.03 bits per heavy atom. The first-order valence-electron chi connectivity index (χ1n) is 9.74. The highest BCUT2D eigenvalue weighted by Crippen LogP contribution is 2.16. The minimum absolute atomic E-state index is 0.112. The second-order valence-electron chi connectivity index (χ2n) is 6.86. The van der Waals surface area contributed by atoms with Gasteiger partial charge in [0.05, 0.1) is 7.11 Å². The van der Waals surface area contributed by atoms with Crippen LogP contribution in [0.3, 0.4) is 0 Å². The van der Waals surface area contributed by atoms with Gasteiger partial charge in [0.1, 0.15) is 11.6 Å². The lowest BCUT2D eigenvalue weighted by molar-refractivity contribution is -0.116. The maximum absolute atomic E-state index is 12.3. The van der Waals surface area contributed by atoms with Crippen molar-refractivity contribution in [3.8, 4) is 5.75 Å². The highest BCUT2D eigenvalue weighted by molar-refractivity contribution is 6.30. The molecule has 0 aliphatic rings. The van der Waals surface area contributed by atoms with E-state index in [9.17, 15) is 4.79 Å². The summed E-state index contributed by atoms with van der Waals surface area (Å²) in [4.78, 5) is 12.3. The Hall–Kier alpha value is -3.65. The number of halogens is 1. The van der Waals surface area contributed by atoms with Crippen molar-refractivity contribution in [1.29, 1.82) is 0 Å². The number of benzene rings is 2. The standard InChI is InChI=1S/C22H21ClN6O2/c1-31-18-8-6-17(7-9-18)25-22(30)13-12-21-27-26-20-11-10-19(28-29(20)21)24-14-15-2-4-16(23)5-3-15/h2-11H,12-14H2,1H3,(H,24,28)(H,25,30). The van der Waals surface area contributed by atoms with Crippen LogP contribution >= 0.6 is 11.6 Å². The molecule has 2 N–H and O–H groups in total. The van der Waals surface area contributed by atoms with Crippen molar-refractivity contribution in [2.45, 2.75) is 19.4 Å². The number of carbonyl (C=O) groups is 1. The molecule has 0 atom stereocenters. The van der Waals surface area contributed by atoms with E-state index in [4.69, 9.17) is 16.3 Å².